The van der Waals surface area contributed by atoms with E-state index in [4.69, 9.17) is 31.5 Å². The van der Waals surface area contributed by atoms with Crippen molar-refractivity contribution in [1.82, 2.24) is 20.2 Å². The zero-order chi connectivity index (χ0) is 22.1. The molecule has 166 valence electrons. The van der Waals surface area contributed by atoms with E-state index in [1.54, 1.807) is 6.20 Å². The van der Waals surface area contributed by atoms with Crippen LogP contribution < -0.4 is 16.8 Å². The molecule has 29 heavy (non-hydrogen) atoms. The number of carboxylic acids is 2. The minimum Gasteiger partial charge on any atom is -0.480 e. The molecule has 0 aromatic carbocycles. The normalized spacial score (nSPS) is 14.4. The molecular weight excluding hydrogens is 388 g/mol. The van der Waals surface area contributed by atoms with Crippen molar-refractivity contribution in [2.75, 3.05) is 52.5 Å². The smallest absolute Gasteiger partial charge is 0.322 e. The van der Waals surface area contributed by atoms with Crippen molar-refractivity contribution >= 4 is 17.8 Å². The van der Waals surface area contributed by atoms with Crippen molar-refractivity contribution in [3.8, 4) is 0 Å². The molecule has 1 fully saturated rings. The van der Waals surface area contributed by atoms with E-state index < -0.39 is 23.9 Å². The molecule has 2 rings (SSSR count). The lowest BCUT2D eigenvalue weighted by Crippen LogP contribution is -2.37. The van der Waals surface area contributed by atoms with Crippen LogP contribution in [-0.4, -0.2) is 107 Å². The van der Waals surface area contributed by atoms with Gasteiger partial charge in [-0.05, 0) is 0 Å². The second kappa shape index (κ2) is 16.4. The molecule has 0 unspecified atom stereocenters. The third kappa shape index (κ3) is 15.1. The Hall–Kier alpha value is -2.58. The number of nitrogens with one attached hydrogen (secondary N) is 2. The number of aromatic amines is 1. The quantitative estimate of drug-likeness (QED) is 0.223. The first-order valence-electron chi connectivity index (χ1n) is 8.85. The number of rotatable bonds is 8. The molecule has 1 aliphatic rings. The van der Waals surface area contributed by atoms with Crippen molar-refractivity contribution in [3.05, 3.63) is 18.2 Å². The zero-order valence-electron chi connectivity index (χ0n) is 16.1. The lowest BCUT2D eigenvalue weighted by molar-refractivity contribution is -0.138. The van der Waals surface area contributed by atoms with Gasteiger partial charge in [0.1, 0.15) is 12.6 Å². The van der Waals surface area contributed by atoms with Gasteiger partial charge < -0.3 is 41.8 Å². The van der Waals surface area contributed by atoms with Gasteiger partial charge in [-0.3, -0.25) is 19.3 Å². The maximum Gasteiger partial charge on any atom is 0.322 e. The van der Waals surface area contributed by atoms with Crippen molar-refractivity contribution < 1.29 is 34.4 Å². The Kier molecular flexibility index (Phi) is 14.9. The molecule has 1 amide bonds. The summed E-state index contributed by atoms with van der Waals surface area (Å²) in [6, 6.07) is -0.863. The number of nitrogens with zero attached hydrogens (tertiary/aromatic N) is 2. The van der Waals surface area contributed by atoms with Gasteiger partial charge in [0.2, 0.25) is 5.91 Å². The summed E-state index contributed by atoms with van der Waals surface area (Å²) in [6.45, 7) is 4.10. The van der Waals surface area contributed by atoms with E-state index in [-0.39, 0.29) is 26.1 Å². The monoisotopic (exact) mass is 418 g/mol. The molecule has 13 nitrogen and oxygen atoms in total. The minimum absolute atomic E-state index is 0.173. The van der Waals surface area contributed by atoms with Crippen LogP contribution in [0.3, 0.4) is 0 Å². The number of carbonyl (C=O) groups excluding carboxylic acids is 1. The van der Waals surface area contributed by atoms with Gasteiger partial charge in [0.05, 0.1) is 38.4 Å². The molecule has 1 aliphatic heterocycles. The van der Waals surface area contributed by atoms with E-state index in [1.807, 2.05) is 0 Å². The van der Waals surface area contributed by atoms with E-state index in [1.165, 1.54) is 6.33 Å². The number of aliphatic hydroxyl groups excluding tert-OH is 1. The van der Waals surface area contributed by atoms with E-state index in [0.29, 0.717) is 5.69 Å². The van der Waals surface area contributed by atoms with Gasteiger partial charge in [0, 0.05) is 32.3 Å². The Morgan fingerprint density at radius 2 is 1.97 bits per heavy atom. The van der Waals surface area contributed by atoms with Crippen LogP contribution in [0.25, 0.3) is 0 Å². The fraction of sp³-hybridized carbons (Fsp3) is 0.625. The van der Waals surface area contributed by atoms with Crippen LogP contribution in [0, 0.1) is 0 Å². The number of hydrogen-bond donors (Lipinski definition) is 7. The van der Waals surface area contributed by atoms with Crippen LogP contribution in [0.1, 0.15) is 5.69 Å². The van der Waals surface area contributed by atoms with Crippen LogP contribution in [0.4, 0.5) is 0 Å². The maximum atomic E-state index is 10.3. The van der Waals surface area contributed by atoms with Gasteiger partial charge in [-0.1, -0.05) is 0 Å². The Bertz CT molecular complexity index is 576. The molecular formula is C16H30N6O7. The van der Waals surface area contributed by atoms with E-state index in [2.05, 4.69) is 20.2 Å². The molecule has 13 heteroatoms. The number of carboxylic acid groups (broad SMARTS) is 2. The fourth-order valence-corrected chi connectivity index (χ4v) is 1.93. The molecule has 0 radical (unpaired) electrons. The number of amides is 1. The Morgan fingerprint density at radius 3 is 2.41 bits per heavy atom. The highest BCUT2D eigenvalue weighted by Crippen LogP contribution is 1.95. The number of ether oxygens (including phenoxy) is 1. The maximum absolute atomic E-state index is 10.3. The number of imidazole rings is 1. The highest BCUT2D eigenvalue weighted by Gasteiger charge is 2.12. The molecule has 2 heterocycles. The van der Waals surface area contributed by atoms with Crippen LogP contribution in [0.15, 0.2) is 12.5 Å². The lowest BCUT2D eigenvalue weighted by atomic mass is 10.2. The molecule has 0 bridgehead atoms. The number of aliphatic hydroxyl groups is 1. The van der Waals surface area contributed by atoms with Crippen LogP contribution in [0.2, 0.25) is 0 Å². The largest absolute Gasteiger partial charge is 0.480 e. The zero-order valence-corrected chi connectivity index (χ0v) is 16.1. The number of morpholine rings is 1. The summed E-state index contributed by atoms with van der Waals surface area (Å²) in [5, 5.41) is 27.0. The molecule has 1 saturated heterocycles. The number of β-amino-alcohol motifs (C(OH)–C–C–N with tert-alkyl or cyclic N) is 1. The van der Waals surface area contributed by atoms with Crippen LogP contribution in [0.5, 0.6) is 0 Å². The highest BCUT2D eigenvalue weighted by atomic mass is 16.5. The lowest BCUT2D eigenvalue weighted by Gasteiger charge is -2.25. The molecule has 1 atom stereocenters. The van der Waals surface area contributed by atoms with Gasteiger partial charge >= 0.3 is 11.9 Å². The predicted molar refractivity (Wildman–Crippen MR) is 102 cm³/mol. The second-order valence-corrected chi connectivity index (χ2v) is 5.76. The summed E-state index contributed by atoms with van der Waals surface area (Å²) in [7, 11) is 0. The van der Waals surface area contributed by atoms with Gasteiger partial charge in [-0.15, -0.1) is 0 Å². The van der Waals surface area contributed by atoms with Gasteiger partial charge in [-0.25, -0.2) is 4.98 Å². The number of H-pyrrole nitrogens is 1. The first kappa shape index (κ1) is 26.4. The number of carbonyl (C=O) groups is 3. The average molecular weight is 418 g/mol. The summed E-state index contributed by atoms with van der Waals surface area (Å²) in [5.41, 5.74) is 10.8. The van der Waals surface area contributed by atoms with E-state index >= 15 is 0 Å². The van der Waals surface area contributed by atoms with Crippen molar-refractivity contribution in [3.63, 3.8) is 0 Å². The van der Waals surface area contributed by atoms with Crippen molar-refractivity contribution in [2.24, 2.45) is 11.5 Å². The van der Waals surface area contributed by atoms with Crippen LogP contribution >= 0.6 is 0 Å². The standard InChI is InChI=1S/C6H9N3O2.C6H13NO2.C4H8N2O3/c7-5(6(10)11)1-4-2-8-3-9-4;8-4-1-7-2-5-9-6-3-7;5-1-3(7)6-2-4(8)9/h2-3,5H,1,7H2,(H,8,9)(H,10,11);8H,1-6H2;1-2,5H2,(H,6,7)(H,8,9)/t5-;;/m0../s1. The average Bonchev–Trinajstić information content (AvgIpc) is 3.21. The third-order valence-corrected chi connectivity index (χ3v) is 3.44. The second-order valence-electron chi connectivity index (χ2n) is 5.76. The predicted octanol–water partition coefficient (Wildman–Crippen LogP) is -3.18. The summed E-state index contributed by atoms with van der Waals surface area (Å²) in [4.78, 5) is 39.0. The number of hydrogen-bond acceptors (Lipinski definition) is 9. The molecule has 0 spiro atoms. The first-order valence-corrected chi connectivity index (χ1v) is 8.85. The first-order chi connectivity index (χ1) is 13.8. The van der Waals surface area contributed by atoms with E-state index in [9.17, 15) is 14.4 Å². The Balaban J connectivity index is 0.000000409. The highest BCUT2D eigenvalue weighted by molar-refractivity contribution is 5.82. The van der Waals surface area contributed by atoms with Crippen molar-refractivity contribution in [2.45, 2.75) is 12.5 Å². The molecule has 1 aromatic heterocycles. The summed E-state index contributed by atoms with van der Waals surface area (Å²) >= 11 is 0. The SMILES string of the molecule is NCC(=O)NCC(=O)O.N[C@@H](Cc1c[nH]cn1)C(=O)O.OCCN1CCOCC1. The van der Waals surface area contributed by atoms with E-state index in [0.717, 1.165) is 32.8 Å². The molecule has 1 aromatic rings. The summed E-state index contributed by atoms with van der Waals surface area (Å²) in [5.74, 6) is -2.54. The van der Waals surface area contributed by atoms with Gasteiger partial charge in [-0.2, -0.15) is 0 Å². The molecule has 0 aliphatic carbocycles. The van der Waals surface area contributed by atoms with Gasteiger partial charge in [0.15, 0.2) is 0 Å². The van der Waals surface area contributed by atoms with Gasteiger partial charge in [0.25, 0.3) is 0 Å². The number of aromatic nitrogens is 2. The number of aliphatic carboxylic acids is 2. The Morgan fingerprint density at radius 1 is 1.31 bits per heavy atom. The van der Waals surface area contributed by atoms with Crippen LogP contribution in [-0.2, 0) is 25.5 Å². The minimum atomic E-state index is -1.07. The number of nitrogens with two attached hydrogens (primary N) is 2. The third-order valence-electron chi connectivity index (χ3n) is 3.44. The summed E-state index contributed by atoms with van der Waals surface area (Å²) in [6.07, 6.45) is 3.38. The topological polar surface area (TPSA) is 217 Å². The molecule has 0 saturated carbocycles. The summed E-state index contributed by atoms with van der Waals surface area (Å²) < 4.78 is 5.12. The Labute approximate surface area is 168 Å². The molecule has 9 N–H and O–H groups in total. The fourth-order valence-electron chi connectivity index (χ4n) is 1.93. The van der Waals surface area contributed by atoms with Crippen molar-refractivity contribution in [1.29, 1.82) is 0 Å².